The third-order valence-electron chi connectivity index (χ3n) is 3.57. The summed E-state index contributed by atoms with van der Waals surface area (Å²) in [6.45, 7) is 8.70. The Morgan fingerprint density at radius 1 is 1.18 bits per heavy atom. The molecule has 0 spiro atoms. The largest absolute Gasteiger partial charge is 0.468 e. The maximum Gasteiger partial charge on any atom is 0.238 e. The third kappa shape index (κ3) is 4.46. The van der Waals surface area contributed by atoms with Crippen molar-refractivity contribution < 1.29 is 9.21 Å². The van der Waals surface area contributed by atoms with E-state index < -0.39 is 0 Å². The molecule has 4 heteroatoms. The molecule has 2 rings (SSSR count). The van der Waals surface area contributed by atoms with Gasteiger partial charge in [0.2, 0.25) is 5.91 Å². The van der Waals surface area contributed by atoms with Gasteiger partial charge in [-0.3, -0.25) is 10.1 Å². The predicted octanol–water partition coefficient (Wildman–Crippen LogP) is 3.87. The lowest BCUT2D eigenvalue weighted by Crippen LogP contribution is -2.30. The fourth-order valence-corrected chi connectivity index (χ4v) is 2.14. The number of carbonyl (C=O) groups is 1. The predicted molar refractivity (Wildman–Crippen MR) is 88.9 cm³/mol. The van der Waals surface area contributed by atoms with Gasteiger partial charge in [0.1, 0.15) is 5.76 Å². The molecule has 4 nitrogen and oxygen atoms in total. The zero-order valence-corrected chi connectivity index (χ0v) is 13.6. The number of amides is 1. The summed E-state index contributed by atoms with van der Waals surface area (Å²) in [5.41, 5.74) is 2.17. The van der Waals surface area contributed by atoms with Crippen molar-refractivity contribution in [3.05, 3.63) is 54.0 Å². The van der Waals surface area contributed by atoms with E-state index in [0.29, 0.717) is 0 Å². The number of nitrogens with one attached hydrogen (secondary N) is 2. The second-order valence-corrected chi connectivity index (χ2v) is 6.49. The Kier molecular flexibility index (Phi) is 5.03. The number of anilines is 1. The SMILES string of the molecule is C[C@@H](NCC(=O)Nc1ccc(C(C)(C)C)cc1)c1ccco1. The van der Waals surface area contributed by atoms with Gasteiger partial charge in [-0.25, -0.2) is 0 Å². The van der Waals surface area contributed by atoms with E-state index in [1.54, 1.807) is 6.26 Å². The van der Waals surface area contributed by atoms with E-state index in [4.69, 9.17) is 4.42 Å². The molecule has 0 bridgehead atoms. The van der Waals surface area contributed by atoms with Crippen molar-refractivity contribution >= 4 is 11.6 Å². The standard InChI is InChI=1S/C18H24N2O2/c1-13(16-6-5-11-22-16)19-12-17(21)20-15-9-7-14(8-10-15)18(2,3)4/h5-11,13,19H,12H2,1-4H3,(H,20,21)/t13-/m1/s1. The van der Waals surface area contributed by atoms with E-state index in [2.05, 4.69) is 43.5 Å². The van der Waals surface area contributed by atoms with Crippen LogP contribution in [0.5, 0.6) is 0 Å². The van der Waals surface area contributed by atoms with Gasteiger partial charge in [-0.1, -0.05) is 32.9 Å². The van der Waals surface area contributed by atoms with E-state index in [-0.39, 0.29) is 23.9 Å². The van der Waals surface area contributed by atoms with Crippen molar-refractivity contribution in [3.8, 4) is 0 Å². The Hall–Kier alpha value is -2.07. The molecule has 1 atom stereocenters. The molecule has 0 saturated heterocycles. The second kappa shape index (κ2) is 6.79. The number of rotatable bonds is 5. The molecule has 1 aromatic heterocycles. The molecular formula is C18H24N2O2. The fraction of sp³-hybridized carbons (Fsp3) is 0.389. The van der Waals surface area contributed by atoms with Gasteiger partial charge in [-0.15, -0.1) is 0 Å². The molecular weight excluding hydrogens is 276 g/mol. The average Bonchev–Trinajstić information content (AvgIpc) is 2.98. The van der Waals surface area contributed by atoms with Crippen LogP contribution < -0.4 is 10.6 Å². The summed E-state index contributed by atoms with van der Waals surface area (Å²) in [7, 11) is 0. The van der Waals surface area contributed by atoms with Crippen LogP contribution in [-0.2, 0) is 10.2 Å². The van der Waals surface area contributed by atoms with Crippen LogP contribution in [0.2, 0.25) is 0 Å². The van der Waals surface area contributed by atoms with E-state index in [9.17, 15) is 4.79 Å². The Morgan fingerprint density at radius 2 is 1.86 bits per heavy atom. The van der Waals surface area contributed by atoms with Crippen LogP contribution in [0.3, 0.4) is 0 Å². The Labute approximate surface area is 131 Å². The number of furan rings is 1. The first kappa shape index (κ1) is 16.3. The quantitative estimate of drug-likeness (QED) is 0.881. The minimum absolute atomic E-state index is 0.00372. The number of benzene rings is 1. The summed E-state index contributed by atoms with van der Waals surface area (Å²) in [4.78, 5) is 12.0. The van der Waals surface area contributed by atoms with Crippen LogP contribution in [0.25, 0.3) is 0 Å². The maximum atomic E-state index is 12.0. The topological polar surface area (TPSA) is 54.3 Å². The van der Waals surface area contributed by atoms with Crippen molar-refractivity contribution in [2.24, 2.45) is 0 Å². The van der Waals surface area contributed by atoms with E-state index in [0.717, 1.165) is 11.4 Å². The molecule has 22 heavy (non-hydrogen) atoms. The summed E-state index contributed by atoms with van der Waals surface area (Å²) in [6.07, 6.45) is 1.63. The Balaban J connectivity index is 1.84. The van der Waals surface area contributed by atoms with Gasteiger partial charge in [0, 0.05) is 5.69 Å². The first-order valence-corrected chi connectivity index (χ1v) is 7.53. The highest BCUT2D eigenvalue weighted by Crippen LogP contribution is 2.23. The lowest BCUT2D eigenvalue weighted by atomic mass is 9.87. The highest BCUT2D eigenvalue weighted by Gasteiger charge is 2.13. The lowest BCUT2D eigenvalue weighted by Gasteiger charge is -2.19. The first-order chi connectivity index (χ1) is 10.4. The number of hydrogen-bond acceptors (Lipinski definition) is 3. The summed E-state index contributed by atoms with van der Waals surface area (Å²) in [5, 5.41) is 6.02. The van der Waals surface area contributed by atoms with Gasteiger partial charge >= 0.3 is 0 Å². The molecule has 0 fully saturated rings. The van der Waals surface area contributed by atoms with E-state index in [1.165, 1.54) is 5.56 Å². The van der Waals surface area contributed by atoms with E-state index in [1.807, 2.05) is 31.2 Å². The van der Waals surface area contributed by atoms with Gasteiger partial charge in [0.15, 0.2) is 0 Å². The summed E-state index contributed by atoms with van der Waals surface area (Å²) in [5.74, 6) is 0.754. The summed E-state index contributed by atoms with van der Waals surface area (Å²) < 4.78 is 5.30. The Morgan fingerprint density at radius 3 is 2.41 bits per heavy atom. The molecule has 0 aliphatic rings. The number of hydrogen-bond donors (Lipinski definition) is 2. The van der Waals surface area contributed by atoms with Crippen LogP contribution in [0.1, 0.15) is 45.1 Å². The zero-order chi connectivity index (χ0) is 16.2. The molecule has 118 valence electrons. The van der Waals surface area contributed by atoms with Crippen LogP contribution in [0.15, 0.2) is 47.1 Å². The minimum Gasteiger partial charge on any atom is -0.468 e. The Bertz CT molecular complexity index is 595. The summed E-state index contributed by atoms with van der Waals surface area (Å²) in [6, 6.07) is 11.7. The second-order valence-electron chi connectivity index (χ2n) is 6.49. The fourth-order valence-electron chi connectivity index (χ4n) is 2.14. The summed E-state index contributed by atoms with van der Waals surface area (Å²) >= 11 is 0. The molecule has 2 N–H and O–H groups in total. The average molecular weight is 300 g/mol. The molecule has 0 aliphatic carbocycles. The molecule has 1 heterocycles. The maximum absolute atomic E-state index is 12.0. The molecule has 0 aliphatic heterocycles. The lowest BCUT2D eigenvalue weighted by molar-refractivity contribution is -0.115. The molecule has 0 unspecified atom stereocenters. The van der Waals surface area contributed by atoms with Gasteiger partial charge < -0.3 is 9.73 Å². The zero-order valence-electron chi connectivity index (χ0n) is 13.6. The van der Waals surface area contributed by atoms with Gasteiger partial charge in [0.05, 0.1) is 18.8 Å². The van der Waals surface area contributed by atoms with Gasteiger partial charge in [-0.05, 0) is 42.2 Å². The minimum atomic E-state index is -0.0677. The highest BCUT2D eigenvalue weighted by atomic mass is 16.3. The van der Waals surface area contributed by atoms with Crippen molar-refractivity contribution in [1.29, 1.82) is 0 Å². The van der Waals surface area contributed by atoms with Crippen molar-refractivity contribution in [3.63, 3.8) is 0 Å². The molecule has 2 aromatic rings. The third-order valence-corrected chi connectivity index (χ3v) is 3.57. The van der Waals surface area contributed by atoms with Crippen LogP contribution in [0.4, 0.5) is 5.69 Å². The van der Waals surface area contributed by atoms with Crippen molar-refractivity contribution in [2.75, 3.05) is 11.9 Å². The smallest absolute Gasteiger partial charge is 0.238 e. The number of carbonyl (C=O) groups excluding carboxylic acids is 1. The highest BCUT2D eigenvalue weighted by molar-refractivity contribution is 5.92. The van der Waals surface area contributed by atoms with Crippen molar-refractivity contribution in [1.82, 2.24) is 5.32 Å². The molecule has 1 aromatic carbocycles. The first-order valence-electron chi connectivity index (χ1n) is 7.53. The van der Waals surface area contributed by atoms with Crippen LogP contribution in [-0.4, -0.2) is 12.5 Å². The van der Waals surface area contributed by atoms with Crippen LogP contribution in [0, 0.1) is 0 Å². The monoisotopic (exact) mass is 300 g/mol. The normalized spacial score (nSPS) is 12.9. The van der Waals surface area contributed by atoms with Crippen molar-refractivity contribution in [2.45, 2.75) is 39.2 Å². The van der Waals surface area contributed by atoms with E-state index >= 15 is 0 Å². The van der Waals surface area contributed by atoms with Gasteiger partial charge in [0.25, 0.3) is 0 Å². The molecule has 0 saturated carbocycles. The van der Waals surface area contributed by atoms with Crippen LogP contribution >= 0.6 is 0 Å². The molecule has 1 amide bonds. The van der Waals surface area contributed by atoms with Gasteiger partial charge in [-0.2, -0.15) is 0 Å². The molecule has 0 radical (unpaired) electrons.